The van der Waals surface area contributed by atoms with Crippen LogP contribution < -0.4 is 4.90 Å². The van der Waals surface area contributed by atoms with Crippen molar-refractivity contribution in [3.63, 3.8) is 0 Å². The van der Waals surface area contributed by atoms with Crippen molar-refractivity contribution in [1.82, 2.24) is 24.7 Å². The zero-order valence-corrected chi connectivity index (χ0v) is 12.3. The van der Waals surface area contributed by atoms with Crippen LogP contribution in [0.15, 0.2) is 12.1 Å². The van der Waals surface area contributed by atoms with Gasteiger partial charge in [0, 0.05) is 25.2 Å². The lowest BCUT2D eigenvalue weighted by molar-refractivity contribution is -0.0317. The zero-order chi connectivity index (χ0) is 14.6. The van der Waals surface area contributed by atoms with Gasteiger partial charge in [0.15, 0.2) is 11.5 Å². The first kappa shape index (κ1) is 13.0. The molecule has 1 saturated heterocycles. The van der Waals surface area contributed by atoms with Gasteiger partial charge in [-0.1, -0.05) is 0 Å². The van der Waals surface area contributed by atoms with E-state index in [1.165, 1.54) is 0 Å². The summed E-state index contributed by atoms with van der Waals surface area (Å²) in [6, 6.07) is 4.80. The number of hydrogen-bond donors (Lipinski definition) is 1. The van der Waals surface area contributed by atoms with Crippen molar-refractivity contribution < 1.29 is 5.11 Å². The second-order valence-electron chi connectivity index (χ2n) is 6.15. The molecule has 0 amide bonds. The molecular formula is C14H20N6O. The molecule has 0 aromatic carbocycles. The molecule has 2 aromatic rings. The second-order valence-corrected chi connectivity index (χ2v) is 6.15. The van der Waals surface area contributed by atoms with E-state index in [-0.39, 0.29) is 6.10 Å². The second kappa shape index (κ2) is 4.64. The van der Waals surface area contributed by atoms with E-state index < -0.39 is 0 Å². The zero-order valence-electron chi connectivity index (χ0n) is 12.3. The first-order valence-electron chi connectivity index (χ1n) is 7.47. The van der Waals surface area contributed by atoms with Crippen LogP contribution >= 0.6 is 0 Å². The van der Waals surface area contributed by atoms with Gasteiger partial charge in [-0.25, -0.2) is 0 Å². The molecule has 0 radical (unpaired) electrons. The van der Waals surface area contributed by atoms with Crippen LogP contribution in [0.1, 0.15) is 18.7 Å². The van der Waals surface area contributed by atoms with Crippen LogP contribution in [0.25, 0.3) is 5.65 Å². The van der Waals surface area contributed by atoms with Gasteiger partial charge in [0.05, 0.1) is 6.10 Å². The molecule has 7 heteroatoms. The summed E-state index contributed by atoms with van der Waals surface area (Å²) in [4.78, 5) is 4.58. The van der Waals surface area contributed by atoms with Crippen LogP contribution in [-0.4, -0.2) is 68.1 Å². The molecule has 2 unspecified atom stereocenters. The van der Waals surface area contributed by atoms with Gasteiger partial charge < -0.3 is 10.0 Å². The van der Waals surface area contributed by atoms with E-state index in [1.54, 1.807) is 4.52 Å². The van der Waals surface area contributed by atoms with E-state index in [0.29, 0.717) is 12.1 Å². The largest absolute Gasteiger partial charge is 0.391 e. The molecular weight excluding hydrogens is 268 g/mol. The molecule has 1 aliphatic heterocycles. The number of rotatable bonds is 3. The van der Waals surface area contributed by atoms with Crippen molar-refractivity contribution in [2.75, 3.05) is 25.0 Å². The Bertz CT molecular complexity index is 665. The highest BCUT2D eigenvalue weighted by Gasteiger charge is 2.40. The first-order chi connectivity index (χ1) is 10.1. The third-order valence-electron chi connectivity index (χ3n) is 4.89. The SMILES string of the molecule is Cc1nnc2ccc(N3CC(N(C)C4CCC4O)C3)nn12. The fraction of sp³-hybridized carbons (Fsp3) is 0.643. The highest BCUT2D eigenvalue weighted by Crippen LogP contribution is 2.30. The van der Waals surface area contributed by atoms with Crippen LogP contribution in [0, 0.1) is 6.92 Å². The van der Waals surface area contributed by atoms with Crippen LogP contribution in [-0.2, 0) is 0 Å². The van der Waals surface area contributed by atoms with Crippen molar-refractivity contribution in [2.24, 2.45) is 0 Å². The van der Waals surface area contributed by atoms with Gasteiger partial charge in [-0.15, -0.1) is 15.3 Å². The Morgan fingerprint density at radius 3 is 2.71 bits per heavy atom. The smallest absolute Gasteiger partial charge is 0.178 e. The predicted molar refractivity (Wildman–Crippen MR) is 78.3 cm³/mol. The molecule has 1 saturated carbocycles. The summed E-state index contributed by atoms with van der Waals surface area (Å²) >= 11 is 0. The van der Waals surface area contributed by atoms with Gasteiger partial charge >= 0.3 is 0 Å². The molecule has 4 rings (SSSR count). The molecule has 2 fully saturated rings. The molecule has 21 heavy (non-hydrogen) atoms. The Morgan fingerprint density at radius 1 is 1.24 bits per heavy atom. The minimum absolute atomic E-state index is 0.141. The van der Waals surface area contributed by atoms with Crippen molar-refractivity contribution >= 4 is 11.5 Å². The van der Waals surface area contributed by atoms with Crippen LogP contribution in [0.2, 0.25) is 0 Å². The highest BCUT2D eigenvalue weighted by molar-refractivity contribution is 5.47. The fourth-order valence-corrected chi connectivity index (χ4v) is 3.17. The van der Waals surface area contributed by atoms with E-state index in [1.807, 2.05) is 19.1 Å². The highest BCUT2D eigenvalue weighted by atomic mass is 16.3. The number of aliphatic hydroxyl groups excluding tert-OH is 1. The van der Waals surface area contributed by atoms with Gasteiger partial charge in [0.2, 0.25) is 0 Å². The summed E-state index contributed by atoms with van der Waals surface area (Å²) in [6.07, 6.45) is 1.91. The van der Waals surface area contributed by atoms with Gasteiger partial charge in [-0.3, -0.25) is 4.90 Å². The molecule has 3 heterocycles. The lowest BCUT2D eigenvalue weighted by atomic mass is 9.86. The maximum atomic E-state index is 9.77. The average molecular weight is 288 g/mol. The third kappa shape index (κ3) is 1.99. The number of fused-ring (bicyclic) bond motifs is 1. The summed E-state index contributed by atoms with van der Waals surface area (Å²) < 4.78 is 1.78. The molecule has 112 valence electrons. The van der Waals surface area contributed by atoms with Crippen LogP contribution in [0.4, 0.5) is 5.82 Å². The Kier molecular flexibility index (Phi) is 2.87. The number of hydrogen-bond acceptors (Lipinski definition) is 6. The topological polar surface area (TPSA) is 69.8 Å². The lowest BCUT2D eigenvalue weighted by Gasteiger charge is -2.50. The number of nitrogens with zero attached hydrogens (tertiary/aromatic N) is 6. The summed E-state index contributed by atoms with van der Waals surface area (Å²) in [5, 5.41) is 22.4. The van der Waals surface area contributed by atoms with E-state index in [2.05, 4.69) is 32.1 Å². The Hall–Kier alpha value is -1.73. The molecule has 1 N–H and O–H groups in total. The van der Waals surface area contributed by atoms with E-state index in [4.69, 9.17) is 0 Å². The van der Waals surface area contributed by atoms with Crippen molar-refractivity contribution in [1.29, 1.82) is 0 Å². The molecule has 2 aliphatic rings. The van der Waals surface area contributed by atoms with E-state index >= 15 is 0 Å². The number of likely N-dealkylation sites (N-methyl/N-ethyl adjacent to an activating group) is 1. The van der Waals surface area contributed by atoms with E-state index in [0.717, 1.165) is 43.2 Å². The quantitative estimate of drug-likeness (QED) is 0.862. The number of aliphatic hydroxyl groups is 1. The summed E-state index contributed by atoms with van der Waals surface area (Å²) in [7, 11) is 2.12. The Labute approximate surface area is 123 Å². The maximum Gasteiger partial charge on any atom is 0.178 e. The molecule has 1 aliphatic carbocycles. The maximum absolute atomic E-state index is 9.77. The first-order valence-corrected chi connectivity index (χ1v) is 7.47. The van der Waals surface area contributed by atoms with Gasteiger partial charge in [-0.05, 0) is 38.9 Å². The minimum Gasteiger partial charge on any atom is -0.391 e. The van der Waals surface area contributed by atoms with Gasteiger partial charge in [-0.2, -0.15) is 4.52 Å². The molecule has 2 aromatic heterocycles. The van der Waals surface area contributed by atoms with Crippen LogP contribution in [0.3, 0.4) is 0 Å². The van der Waals surface area contributed by atoms with Gasteiger partial charge in [0.25, 0.3) is 0 Å². The fourth-order valence-electron chi connectivity index (χ4n) is 3.17. The lowest BCUT2D eigenvalue weighted by Crippen LogP contribution is -2.64. The normalized spacial score (nSPS) is 26.2. The Morgan fingerprint density at radius 2 is 2.05 bits per heavy atom. The summed E-state index contributed by atoms with van der Waals surface area (Å²) in [6.45, 7) is 3.82. The monoisotopic (exact) mass is 288 g/mol. The molecule has 2 atom stereocenters. The van der Waals surface area contributed by atoms with Crippen LogP contribution in [0.5, 0.6) is 0 Å². The number of aryl methyl sites for hydroxylation is 1. The van der Waals surface area contributed by atoms with E-state index in [9.17, 15) is 5.11 Å². The molecule has 0 bridgehead atoms. The minimum atomic E-state index is -0.141. The Balaban J connectivity index is 1.45. The van der Waals surface area contributed by atoms with Crippen molar-refractivity contribution in [3.8, 4) is 0 Å². The average Bonchev–Trinajstić information content (AvgIpc) is 2.77. The molecule has 7 nitrogen and oxygen atoms in total. The predicted octanol–water partition coefficient (Wildman–Crippen LogP) is 0.0764. The summed E-state index contributed by atoms with van der Waals surface area (Å²) in [5.74, 6) is 1.77. The molecule has 0 spiro atoms. The summed E-state index contributed by atoms with van der Waals surface area (Å²) in [5.41, 5.74) is 0.781. The standard InChI is InChI=1S/C14H20N6O/c1-9-15-16-13-5-6-14(17-20(9)13)19-7-10(8-19)18(2)11-3-4-12(11)21/h5-6,10-12,21H,3-4,7-8H2,1-2H3. The van der Waals surface area contributed by atoms with Crippen molar-refractivity contribution in [3.05, 3.63) is 18.0 Å². The van der Waals surface area contributed by atoms with Crippen molar-refractivity contribution in [2.45, 2.75) is 38.0 Å². The van der Waals surface area contributed by atoms with Gasteiger partial charge in [0.1, 0.15) is 5.82 Å². The number of anilines is 1. The third-order valence-corrected chi connectivity index (χ3v) is 4.89. The number of aromatic nitrogens is 4.